The van der Waals surface area contributed by atoms with E-state index >= 15 is 0 Å². The molecule has 1 N–H and O–H groups in total. The molecule has 54 valence electrons. The topological polar surface area (TPSA) is 130 Å². The van der Waals surface area contributed by atoms with Gasteiger partial charge in [0.05, 0.1) is 5.09 Å². The fourth-order valence-electron chi connectivity index (χ4n) is 0. The Morgan fingerprint density at radius 1 is 1.11 bits per heavy atom. The van der Waals surface area contributed by atoms with Crippen LogP contribution in [-0.2, 0) is 0 Å². The van der Waals surface area contributed by atoms with Crippen molar-refractivity contribution in [2.75, 3.05) is 0 Å². The molecule has 9 heteroatoms. The standard InChI is InChI=1S/HNO3.NO3.Pb.2H/c2*2-1(3)4;;;/h(H,2,3,4);;;;/q;-1;;;. The SMILES string of the molecule is O=[N+]([O-])O.O=[N+]([O-])[O-].[PbH2]. The molecule has 0 spiro atoms. The summed E-state index contributed by atoms with van der Waals surface area (Å²) in [4.78, 5) is 16.6. The van der Waals surface area contributed by atoms with E-state index in [1.807, 2.05) is 0 Å². The molecule has 0 aliphatic heterocycles. The molecule has 8 nitrogen and oxygen atoms in total. The molecular formula is H3N2O6Pb-. The molecule has 0 saturated heterocycles. The van der Waals surface area contributed by atoms with Crippen LogP contribution in [0.1, 0.15) is 0 Å². The van der Waals surface area contributed by atoms with E-state index in [1.54, 1.807) is 0 Å². The van der Waals surface area contributed by atoms with E-state index in [0.29, 0.717) is 0 Å². The molecule has 0 heterocycles. The summed E-state index contributed by atoms with van der Waals surface area (Å²) in [6, 6.07) is 0. The third-order valence-corrected chi connectivity index (χ3v) is 0. The van der Waals surface area contributed by atoms with Gasteiger partial charge in [0.25, 0.3) is 5.09 Å². The van der Waals surface area contributed by atoms with Crippen LogP contribution in [0.3, 0.4) is 0 Å². The van der Waals surface area contributed by atoms with Crippen molar-refractivity contribution in [2.24, 2.45) is 0 Å². The van der Waals surface area contributed by atoms with Crippen molar-refractivity contribution in [2.45, 2.75) is 0 Å². The van der Waals surface area contributed by atoms with E-state index in [2.05, 4.69) is 0 Å². The first-order valence-corrected chi connectivity index (χ1v) is 1.11. The second-order valence-electron chi connectivity index (χ2n) is 0.461. The van der Waals surface area contributed by atoms with Crippen LogP contribution in [0.2, 0.25) is 0 Å². The molecule has 0 amide bonds. The van der Waals surface area contributed by atoms with Gasteiger partial charge in [0.1, 0.15) is 0 Å². The van der Waals surface area contributed by atoms with Gasteiger partial charge in [-0.25, -0.2) is 0 Å². The van der Waals surface area contributed by atoms with Crippen molar-refractivity contribution < 1.29 is 15.4 Å². The van der Waals surface area contributed by atoms with Gasteiger partial charge >= 0.3 is 27.3 Å². The Labute approximate surface area is 68.5 Å². The Morgan fingerprint density at radius 2 is 1.11 bits per heavy atom. The third-order valence-electron chi connectivity index (χ3n) is 0. The van der Waals surface area contributed by atoms with Crippen molar-refractivity contribution in [1.29, 1.82) is 0 Å². The van der Waals surface area contributed by atoms with Gasteiger partial charge in [-0.2, -0.15) is 0 Å². The molecule has 0 aromatic heterocycles. The first-order valence-electron chi connectivity index (χ1n) is 1.11. The summed E-state index contributed by atoms with van der Waals surface area (Å²) in [7, 11) is 0. The predicted octanol–water partition coefficient (Wildman–Crippen LogP) is -1.50. The summed E-state index contributed by atoms with van der Waals surface area (Å²) in [5, 5.41) is 28.4. The van der Waals surface area contributed by atoms with Gasteiger partial charge in [-0.05, 0) is 0 Å². The fraction of sp³-hybridized carbons (Fsp3) is 0. The second-order valence-corrected chi connectivity index (χ2v) is 0.461. The molecule has 0 atom stereocenters. The van der Waals surface area contributed by atoms with Crippen LogP contribution < -0.4 is 0 Å². The Morgan fingerprint density at radius 3 is 1.11 bits per heavy atom. The van der Waals surface area contributed by atoms with Crippen molar-refractivity contribution in [1.82, 2.24) is 0 Å². The van der Waals surface area contributed by atoms with Crippen LogP contribution in [0.4, 0.5) is 0 Å². The average Bonchev–Trinajstić information content (AvgIpc) is 1.25. The van der Waals surface area contributed by atoms with Crippen molar-refractivity contribution in [3.8, 4) is 0 Å². The molecule has 0 aromatic carbocycles. The molecule has 0 aliphatic carbocycles. The van der Waals surface area contributed by atoms with Gasteiger partial charge in [0.15, 0.2) is 0 Å². The summed E-state index contributed by atoms with van der Waals surface area (Å²) in [5.41, 5.74) is 0. The predicted molar refractivity (Wildman–Crippen MR) is 27.7 cm³/mol. The van der Waals surface area contributed by atoms with E-state index < -0.39 is 10.2 Å². The number of nitrogens with zero attached hydrogens (tertiary/aromatic N) is 2. The fourth-order valence-corrected chi connectivity index (χ4v) is 0. The maximum atomic E-state index is 8.36. The first kappa shape index (κ1) is 15.8. The van der Waals surface area contributed by atoms with Crippen molar-refractivity contribution in [3.05, 3.63) is 25.4 Å². The van der Waals surface area contributed by atoms with E-state index in [-0.39, 0.29) is 27.3 Å². The van der Waals surface area contributed by atoms with Gasteiger partial charge < -0.3 is 20.5 Å². The van der Waals surface area contributed by atoms with Gasteiger partial charge in [0.2, 0.25) is 0 Å². The second kappa shape index (κ2) is 10.3. The zero-order valence-corrected chi connectivity index (χ0v) is 9.59. The van der Waals surface area contributed by atoms with E-state index in [0.717, 1.165) is 0 Å². The van der Waals surface area contributed by atoms with Gasteiger partial charge in [0, 0.05) is 0 Å². The summed E-state index contributed by atoms with van der Waals surface area (Å²) in [6.07, 6.45) is 0. The third kappa shape index (κ3) is 451. The van der Waals surface area contributed by atoms with Crippen molar-refractivity contribution >= 4 is 27.3 Å². The van der Waals surface area contributed by atoms with Crippen LogP contribution in [0.15, 0.2) is 0 Å². The minimum atomic E-state index is -1.75. The molecule has 9 heavy (non-hydrogen) atoms. The van der Waals surface area contributed by atoms with Gasteiger partial charge in [-0.3, -0.25) is 0 Å². The van der Waals surface area contributed by atoms with Gasteiger partial charge in [-0.1, -0.05) is 0 Å². The zero-order valence-electron chi connectivity index (χ0n) is 4.09. The molecular weight excluding hydrogens is 331 g/mol. The Bertz CT molecular complexity index is 69.1. The van der Waals surface area contributed by atoms with Crippen LogP contribution in [0, 0.1) is 25.4 Å². The zero-order chi connectivity index (χ0) is 7.15. The van der Waals surface area contributed by atoms with Crippen LogP contribution in [-0.4, -0.2) is 42.7 Å². The minimum absolute atomic E-state index is 0. The number of rotatable bonds is 0. The summed E-state index contributed by atoms with van der Waals surface area (Å²) >= 11 is 0. The van der Waals surface area contributed by atoms with Crippen LogP contribution in [0.5, 0.6) is 0 Å². The van der Waals surface area contributed by atoms with E-state index in [9.17, 15) is 0 Å². The molecule has 0 saturated carbocycles. The first-order chi connectivity index (χ1) is 3.46. The summed E-state index contributed by atoms with van der Waals surface area (Å²) < 4.78 is 0. The van der Waals surface area contributed by atoms with E-state index in [4.69, 9.17) is 30.6 Å². The summed E-state index contributed by atoms with van der Waals surface area (Å²) in [5.74, 6) is 0. The van der Waals surface area contributed by atoms with Crippen molar-refractivity contribution in [3.63, 3.8) is 0 Å². The molecule has 0 bridgehead atoms. The number of hydrogen-bond acceptors (Lipinski definition) is 5. The molecule has 0 unspecified atom stereocenters. The monoisotopic (exact) mass is 335 g/mol. The van der Waals surface area contributed by atoms with E-state index in [1.165, 1.54) is 0 Å². The normalized spacial score (nSPS) is 5.33. The molecule has 0 fully saturated rings. The maximum absolute atomic E-state index is 8.36. The Hall–Kier alpha value is -0.678. The van der Waals surface area contributed by atoms with Gasteiger partial charge in [-0.15, -0.1) is 10.1 Å². The van der Waals surface area contributed by atoms with Crippen LogP contribution in [0.25, 0.3) is 0 Å². The summed E-state index contributed by atoms with van der Waals surface area (Å²) in [6.45, 7) is 0. The Balaban J connectivity index is -0.0000000720. The Kier molecular flexibility index (Phi) is 18.1. The average molecular weight is 334 g/mol. The van der Waals surface area contributed by atoms with Crippen LogP contribution >= 0.6 is 0 Å². The number of hydrogen-bond donors (Lipinski definition) is 1. The molecule has 2 radical (unpaired) electrons. The molecule has 0 aromatic rings. The molecule has 0 rings (SSSR count). The quantitative estimate of drug-likeness (QED) is 0.326. The molecule has 0 aliphatic rings.